The zero-order valence-corrected chi connectivity index (χ0v) is 18.0. The maximum atomic E-state index is 13.0. The molecule has 164 valence electrons. The molecule has 0 saturated carbocycles. The molecule has 0 spiro atoms. The Labute approximate surface area is 178 Å². The van der Waals surface area contributed by atoms with Crippen molar-refractivity contribution >= 4 is 5.96 Å². The first kappa shape index (κ1) is 23.6. The maximum Gasteiger partial charge on any atom is 0.219 e. The third kappa shape index (κ3) is 9.19. The number of hydrogen-bond acceptors (Lipinski definition) is 5. The third-order valence-corrected chi connectivity index (χ3v) is 4.27. The minimum absolute atomic E-state index is 0.300. The summed E-state index contributed by atoms with van der Waals surface area (Å²) in [5.74, 6) is 1.47. The lowest BCUT2D eigenvalue weighted by atomic mass is 10.3. The van der Waals surface area contributed by atoms with Crippen molar-refractivity contribution in [3.05, 3.63) is 54.0 Å². The predicted octanol–water partition coefficient (Wildman–Crippen LogP) is 3.04. The summed E-state index contributed by atoms with van der Waals surface area (Å²) in [5.41, 5.74) is 0.968. The Balaban J connectivity index is 1.81. The molecule has 0 aliphatic heterocycles. The van der Waals surface area contributed by atoms with Gasteiger partial charge in [0.15, 0.2) is 5.96 Å². The summed E-state index contributed by atoms with van der Waals surface area (Å²) in [7, 11) is 3.82. The van der Waals surface area contributed by atoms with Gasteiger partial charge in [-0.3, -0.25) is 0 Å². The number of hydrogen-bond donors (Lipinski definition) is 2. The van der Waals surface area contributed by atoms with Crippen LogP contribution in [0, 0.1) is 5.82 Å². The van der Waals surface area contributed by atoms with Crippen molar-refractivity contribution in [3.8, 4) is 11.6 Å². The number of aromatic nitrogens is 1. The highest BCUT2D eigenvalue weighted by atomic mass is 19.1. The van der Waals surface area contributed by atoms with Crippen LogP contribution in [0.4, 0.5) is 4.39 Å². The second-order valence-electron chi connectivity index (χ2n) is 6.83. The van der Waals surface area contributed by atoms with E-state index < -0.39 is 0 Å². The highest BCUT2D eigenvalue weighted by molar-refractivity contribution is 5.79. The average Bonchev–Trinajstić information content (AvgIpc) is 2.75. The summed E-state index contributed by atoms with van der Waals surface area (Å²) >= 11 is 0. The molecular formula is C22H32FN5O2. The minimum atomic E-state index is -0.300. The van der Waals surface area contributed by atoms with E-state index in [9.17, 15) is 4.39 Å². The molecule has 1 aromatic heterocycles. The van der Waals surface area contributed by atoms with Gasteiger partial charge in [0.05, 0.1) is 6.54 Å². The number of guanidine groups is 1. The van der Waals surface area contributed by atoms with Crippen LogP contribution in [0.3, 0.4) is 0 Å². The Kier molecular flexibility index (Phi) is 10.6. The molecule has 30 heavy (non-hydrogen) atoms. The van der Waals surface area contributed by atoms with Gasteiger partial charge in [0, 0.05) is 52.2 Å². The van der Waals surface area contributed by atoms with E-state index in [2.05, 4.69) is 32.6 Å². The number of nitrogens with zero attached hydrogens (tertiary/aromatic N) is 3. The van der Waals surface area contributed by atoms with Gasteiger partial charge in [0.1, 0.15) is 11.6 Å². The van der Waals surface area contributed by atoms with Gasteiger partial charge in [-0.15, -0.1) is 0 Å². The quantitative estimate of drug-likeness (QED) is 0.314. The lowest BCUT2D eigenvalue weighted by Gasteiger charge is -2.18. The summed E-state index contributed by atoms with van der Waals surface area (Å²) in [6.45, 7) is 6.84. The molecule has 7 nitrogen and oxygen atoms in total. The Morgan fingerprint density at radius 3 is 2.60 bits per heavy atom. The Morgan fingerprint density at radius 2 is 1.93 bits per heavy atom. The standard InChI is InChI=1S/C22H32FN5O2/c1-4-24-22(25-12-14-28(2)13-5-15-29-3)27-17-18-6-11-21(26-16-18)30-20-9-7-19(23)8-10-20/h6-11,16H,4-5,12-15,17H2,1-3H3,(H2,24,25,27). The molecule has 0 aliphatic rings. The number of methoxy groups -OCH3 is 1. The molecule has 2 N–H and O–H groups in total. The lowest BCUT2D eigenvalue weighted by molar-refractivity contribution is 0.180. The van der Waals surface area contributed by atoms with Crippen LogP contribution in [0.2, 0.25) is 0 Å². The fraction of sp³-hybridized carbons (Fsp3) is 0.455. The molecule has 0 radical (unpaired) electrons. The number of rotatable bonds is 12. The zero-order chi connectivity index (χ0) is 21.6. The van der Waals surface area contributed by atoms with Crippen molar-refractivity contribution in [1.29, 1.82) is 0 Å². The first-order chi connectivity index (χ1) is 14.6. The van der Waals surface area contributed by atoms with Gasteiger partial charge < -0.3 is 25.0 Å². The topological polar surface area (TPSA) is 71.0 Å². The molecule has 2 rings (SSSR count). The van der Waals surface area contributed by atoms with Crippen LogP contribution in [0.15, 0.2) is 47.6 Å². The van der Waals surface area contributed by atoms with Crippen molar-refractivity contribution in [1.82, 2.24) is 20.5 Å². The number of benzene rings is 1. The van der Waals surface area contributed by atoms with Gasteiger partial charge >= 0.3 is 0 Å². The molecule has 0 saturated heterocycles. The highest BCUT2D eigenvalue weighted by Crippen LogP contribution is 2.19. The molecule has 1 aromatic carbocycles. The molecule has 0 atom stereocenters. The second-order valence-corrected chi connectivity index (χ2v) is 6.83. The number of likely N-dealkylation sites (N-methyl/N-ethyl adjacent to an activating group) is 1. The summed E-state index contributed by atoms with van der Waals surface area (Å²) in [5, 5.41) is 6.60. The van der Waals surface area contributed by atoms with Gasteiger partial charge in [-0.05, 0) is 50.2 Å². The van der Waals surface area contributed by atoms with Crippen LogP contribution < -0.4 is 15.4 Å². The number of nitrogens with one attached hydrogen (secondary N) is 2. The smallest absolute Gasteiger partial charge is 0.219 e. The van der Waals surface area contributed by atoms with Crippen molar-refractivity contribution < 1.29 is 13.9 Å². The van der Waals surface area contributed by atoms with Crippen molar-refractivity contribution in [2.45, 2.75) is 19.9 Å². The van der Waals surface area contributed by atoms with Gasteiger partial charge in [0.25, 0.3) is 0 Å². The molecule has 8 heteroatoms. The van der Waals surface area contributed by atoms with Crippen LogP contribution in [-0.2, 0) is 11.3 Å². The number of pyridine rings is 1. The van der Waals surface area contributed by atoms with Crippen LogP contribution >= 0.6 is 0 Å². The van der Waals surface area contributed by atoms with Crippen LogP contribution in [0.25, 0.3) is 0 Å². The van der Waals surface area contributed by atoms with E-state index in [1.54, 1.807) is 31.5 Å². The molecule has 0 unspecified atom stereocenters. The van der Waals surface area contributed by atoms with Gasteiger partial charge in [-0.25, -0.2) is 14.4 Å². The van der Waals surface area contributed by atoms with Crippen LogP contribution in [0.5, 0.6) is 11.6 Å². The fourth-order valence-electron chi connectivity index (χ4n) is 2.66. The highest BCUT2D eigenvalue weighted by Gasteiger charge is 2.03. The minimum Gasteiger partial charge on any atom is -0.439 e. The Bertz CT molecular complexity index is 753. The first-order valence-corrected chi connectivity index (χ1v) is 10.2. The van der Waals surface area contributed by atoms with E-state index in [0.29, 0.717) is 18.2 Å². The van der Waals surface area contributed by atoms with E-state index >= 15 is 0 Å². The molecule has 0 bridgehead atoms. The maximum absolute atomic E-state index is 13.0. The van der Waals surface area contributed by atoms with Crippen LogP contribution in [-0.4, -0.2) is 62.8 Å². The number of ether oxygens (including phenoxy) is 2. The van der Waals surface area contributed by atoms with E-state index in [0.717, 1.165) is 50.7 Å². The SMILES string of the molecule is CCNC(=NCc1ccc(Oc2ccc(F)cc2)nc1)NCCN(C)CCCOC. The first-order valence-electron chi connectivity index (χ1n) is 10.2. The van der Waals surface area contributed by atoms with Crippen molar-refractivity contribution in [2.75, 3.05) is 46.9 Å². The largest absolute Gasteiger partial charge is 0.439 e. The van der Waals surface area contributed by atoms with E-state index in [1.165, 1.54) is 12.1 Å². The van der Waals surface area contributed by atoms with E-state index in [1.807, 2.05) is 13.0 Å². The molecule has 0 fully saturated rings. The normalized spacial score (nSPS) is 11.6. The molecule has 2 aromatic rings. The van der Waals surface area contributed by atoms with Crippen molar-refractivity contribution in [2.24, 2.45) is 4.99 Å². The third-order valence-electron chi connectivity index (χ3n) is 4.27. The Hall–Kier alpha value is -2.71. The van der Waals surface area contributed by atoms with Gasteiger partial charge in [-0.1, -0.05) is 6.07 Å². The number of halogens is 1. The second kappa shape index (κ2) is 13.5. The van der Waals surface area contributed by atoms with Gasteiger partial charge in [-0.2, -0.15) is 0 Å². The lowest BCUT2D eigenvalue weighted by Crippen LogP contribution is -2.41. The fourth-order valence-corrected chi connectivity index (χ4v) is 2.66. The van der Waals surface area contributed by atoms with E-state index in [4.69, 9.17) is 9.47 Å². The summed E-state index contributed by atoms with van der Waals surface area (Å²) in [6, 6.07) is 9.54. The molecule has 0 aliphatic carbocycles. The average molecular weight is 418 g/mol. The molecule has 0 amide bonds. The Morgan fingerprint density at radius 1 is 1.13 bits per heavy atom. The zero-order valence-electron chi connectivity index (χ0n) is 18.0. The monoisotopic (exact) mass is 417 g/mol. The van der Waals surface area contributed by atoms with Gasteiger partial charge in [0.2, 0.25) is 5.88 Å². The van der Waals surface area contributed by atoms with Crippen LogP contribution in [0.1, 0.15) is 18.9 Å². The molecule has 1 heterocycles. The summed E-state index contributed by atoms with van der Waals surface area (Å²) < 4.78 is 23.7. The molecular weight excluding hydrogens is 385 g/mol. The number of aliphatic imine (C=N–C) groups is 1. The summed E-state index contributed by atoms with van der Waals surface area (Å²) in [6.07, 6.45) is 2.75. The van der Waals surface area contributed by atoms with E-state index in [-0.39, 0.29) is 5.82 Å². The summed E-state index contributed by atoms with van der Waals surface area (Å²) in [4.78, 5) is 11.2. The predicted molar refractivity (Wildman–Crippen MR) is 118 cm³/mol. The van der Waals surface area contributed by atoms with Crippen molar-refractivity contribution in [3.63, 3.8) is 0 Å².